The number of hydrogen-bond acceptors (Lipinski definition) is 1. The monoisotopic (exact) mass is 406 g/mol. The maximum atomic E-state index is 5.48. The summed E-state index contributed by atoms with van der Waals surface area (Å²) in [6, 6.07) is 31.1. The number of hydrogen-bond donors (Lipinski definition) is 0. The lowest BCUT2D eigenvalue weighted by Gasteiger charge is -2.29. The first kappa shape index (κ1) is 18.9. The third-order valence-corrected chi connectivity index (χ3v) is 9.35. The predicted octanol–water partition coefficient (Wildman–Crippen LogP) is 7.13. The summed E-state index contributed by atoms with van der Waals surface area (Å²) in [4.78, 5) is 0. The zero-order valence-corrected chi connectivity index (χ0v) is 18.9. The highest BCUT2D eigenvalue weighted by atomic mass is 16.5. The van der Waals surface area contributed by atoms with Crippen LogP contribution in [-0.4, -0.2) is 7.11 Å². The van der Waals surface area contributed by atoms with Crippen molar-refractivity contribution in [2.45, 2.75) is 32.6 Å². The molecule has 0 aliphatic heterocycles. The molecule has 4 bridgehead atoms. The molecule has 0 saturated heterocycles. The third-order valence-electron chi connectivity index (χ3n) is 9.35. The van der Waals surface area contributed by atoms with Crippen LogP contribution in [0.4, 0.5) is 0 Å². The second-order valence-corrected chi connectivity index (χ2v) is 10.3. The molecule has 1 heteroatoms. The molecule has 1 nitrogen and oxygen atoms in total. The Kier molecular flexibility index (Phi) is 3.74. The number of benzene rings is 3. The van der Waals surface area contributed by atoms with E-state index in [0.717, 1.165) is 5.75 Å². The van der Waals surface area contributed by atoms with Crippen LogP contribution in [0.2, 0.25) is 0 Å². The van der Waals surface area contributed by atoms with Gasteiger partial charge in [-0.3, -0.25) is 0 Å². The predicted molar refractivity (Wildman–Crippen MR) is 127 cm³/mol. The van der Waals surface area contributed by atoms with Gasteiger partial charge in [-0.2, -0.15) is 0 Å². The molecule has 4 aliphatic rings. The van der Waals surface area contributed by atoms with Crippen molar-refractivity contribution in [3.05, 3.63) is 107 Å². The molecular formula is C30H30O. The quantitative estimate of drug-likeness (QED) is 0.448. The lowest BCUT2D eigenvalue weighted by Crippen LogP contribution is -2.24. The zero-order valence-electron chi connectivity index (χ0n) is 18.9. The Morgan fingerprint density at radius 3 is 1.77 bits per heavy atom. The fraction of sp³-hybridized carbons (Fsp3) is 0.333. The first-order valence-corrected chi connectivity index (χ1v) is 11.5. The van der Waals surface area contributed by atoms with Gasteiger partial charge in [-0.25, -0.2) is 0 Å². The number of allylic oxidation sites excluding steroid dienone is 1. The van der Waals surface area contributed by atoms with Crippen LogP contribution in [0, 0.1) is 22.7 Å². The third kappa shape index (κ3) is 2.08. The molecule has 4 fully saturated rings. The van der Waals surface area contributed by atoms with Crippen LogP contribution in [-0.2, 0) is 5.41 Å². The SMILES string of the molecule is COc1ccc([C@@]23C(=C(c4ccccc4)c4ccccc4)[C@@H]4C[C@H]2[C@@]3(C)C4(C)C)cc1. The fourth-order valence-electron chi connectivity index (χ4n) is 7.76. The van der Waals surface area contributed by atoms with Crippen LogP contribution in [0.1, 0.15) is 43.9 Å². The molecule has 0 N–H and O–H groups in total. The topological polar surface area (TPSA) is 9.23 Å². The van der Waals surface area contributed by atoms with Gasteiger partial charge in [-0.1, -0.05) is 93.6 Å². The van der Waals surface area contributed by atoms with Crippen LogP contribution in [0.15, 0.2) is 90.5 Å². The van der Waals surface area contributed by atoms with E-state index in [-0.39, 0.29) is 10.8 Å². The average Bonchev–Trinajstić information content (AvgIpc) is 3.00. The average molecular weight is 407 g/mol. The van der Waals surface area contributed by atoms with Gasteiger partial charge in [-0.15, -0.1) is 0 Å². The van der Waals surface area contributed by atoms with Crippen LogP contribution in [0.5, 0.6) is 5.75 Å². The molecule has 7 rings (SSSR count). The van der Waals surface area contributed by atoms with E-state index in [1.165, 1.54) is 28.7 Å². The van der Waals surface area contributed by atoms with Gasteiger partial charge in [0, 0.05) is 5.41 Å². The molecule has 3 aromatic rings. The van der Waals surface area contributed by atoms with Crippen LogP contribution in [0.25, 0.3) is 5.57 Å². The van der Waals surface area contributed by atoms with E-state index in [1.54, 1.807) is 12.7 Å². The second kappa shape index (κ2) is 6.13. The van der Waals surface area contributed by atoms with Crippen molar-refractivity contribution in [3.63, 3.8) is 0 Å². The van der Waals surface area contributed by atoms with Crippen molar-refractivity contribution < 1.29 is 4.74 Å². The number of rotatable bonds is 4. The van der Waals surface area contributed by atoms with Crippen molar-refractivity contribution in [2.75, 3.05) is 7.11 Å². The van der Waals surface area contributed by atoms with E-state index in [2.05, 4.69) is 106 Å². The van der Waals surface area contributed by atoms with Gasteiger partial charge in [0.25, 0.3) is 0 Å². The molecule has 0 heterocycles. The van der Waals surface area contributed by atoms with Gasteiger partial charge >= 0.3 is 0 Å². The summed E-state index contributed by atoms with van der Waals surface area (Å²) in [6.45, 7) is 7.59. The molecule has 4 saturated carbocycles. The fourth-order valence-corrected chi connectivity index (χ4v) is 7.76. The van der Waals surface area contributed by atoms with E-state index >= 15 is 0 Å². The Bertz CT molecular complexity index is 1130. The Morgan fingerprint density at radius 2 is 1.32 bits per heavy atom. The van der Waals surface area contributed by atoms with E-state index in [1.807, 2.05) is 0 Å². The van der Waals surface area contributed by atoms with Crippen molar-refractivity contribution in [3.8, 4) is 5.75 Å². The number of methoxy groups -OCH3 is 1. The lowest BCUT2D eigenvalue weighted by atomic mass is 9.74. The van der Waals surface area contributed by atoms with Crippen molar-refractivity contribution >= 4 is 5.57 Å². The molecule has 0 aromatic heterocycles. The van der Waals surface area contributed by atoms with Gasteiger partial charge in [-0.05, 0) is 69.1 Å². The normalized spacial score (nSPS) is 31.5. The highest BCUT2D eigenvalue weighted by molar-refractivity contribution is 5.88. The minimum Gasteiger partial charge on any atom is -0.497 e. The van der Waals surface area contributed by atoms with Crippen molar-refractivity contribution in [1.29, 1.82) is 0 Å². The van der Waals surface area contributed by atoms with E-state index < -0.39 is 0 Å². The summed E-state index contributed by atoms with van der Waals surface area (Å²) in [5, 5.41) is 0. The zero-order chi connectivity index (χ0) is 21.4. The minimum absolute atomic E-state index is 0.119. The Balaban J connectivity index is 1.68. The molecule has 3 aromatic carbocycles. The standard InChI is InChI=1S/C30H30O/c1-28(2)24-19-25-29(28,3)30(25,22-15-17-23(31-4)18-16-22)27(24)26(20-11-7-5-8-12-20)21-13-9-6-10-14-21/h5-18,24-25H,19H2,1-4H3/t24-,25-,29-,30-/m0/s1. The summed E-state index contributed by atoms with van der Waals surface area (Å²) in [6.07, 6.45) is 1.30. The van der Waals surface area contributed by atoms with Crippen LogP contribution >= 0.6 is 0 Å². The molecule has 31 heavy (non-hydrogen) atoms. The molecule has 156 valence electrons. The summed E-state index contributed by atoms with van der Waals surface area (Å²) in [5.74, 6) is 2.26. The molecule has 0 spiro atoms. The van der Waals surface area contributed by atoms with Crippen LogP contribution < -0.4 is 4.74 Å². The Labute approximate surface area is 185 Å². The van der Waals surface area contributed by atoms with Crippen LogP contribution in [0.3, 0.4) is 0 Å². The first-order valence-electron chi connectivity index (χ1n) is 11.5. The first-order chi connectivity index (χ1) is 15.0. The maximum absolute atomic E-state index is 5.48. The van der Waals surface area contributed by atoms with Gasteiger partial charge in [0.05, 0.1) is 7.11 Å². The molecule has 4 atom stereocenters. The molecular weight excluding hydrogens is 376 g/mol. The minimum atomic E-state index is 0.119. The second-order valence-electron chi connectivity index (χ2n) is 10.3. The largest absolute Gasteiger partial charge is 0.497 e. The molecule has 0 radical (unpaired) electrons. The summed E-state index contributed by atoms with van der Waals surface area (Å²) < 4.78 is 5.48. The lowest BCUT2D eigenvalue weighted by molar-refractivity contribution is 0.202. The number of ether oxygens (including phenoxy) is 1. The smallest absolute Gasteiger partial charge is 0.118 e. The Morgan fingerprint density at radius 1 is 0.774 bits per heavy atom. The summed E-state index contributed by atoms with van der Waals surface area (Å²) >= 11 is 0. The Hall–Kier alpha value is -2.80. The van der Waals surface area contributed by atoms with Crippen molar-refractivity contribution in [2.24, 2.45) is 22.7 Å². The molecule has 0 amide bonds. The maximum Gasteiger partial charge on any atom is 0.118 e. The highest BCUT2D eigenvalue weighted by Gasteiger charge is 2.91. The molecule has 4 aliphatic carbocycles. The molecule has 0 unspecified atom stereocenters. The van der Waals surface area contributed by atoms with E-state index in [9.17, 15) is 0 Å². The van der Waals surface area contributed by atoms with Gasteiger partial charge in [0.15, 0.2) is 0 Å². The summed E-state index contributed by atoms with van der Waals surface area (Å²) in [7, 11) is 1.75. The highest BCUT2D eigenvalue weighted by Crippen LogP contribution is 2.94. The van der Waals surface area contributed by atoms with E-state index in [0.29, 0.717) is 17.3 Å². The van der Waals surface area contributed by atoms with Gasteiger partial charge in [0.1, 0.15) is 5.75 Å². The summed E-state index contributed by atoms with van der Waals surface area (Å²) in [5.41, 5.74) is 7.97. The van der Waals surface area contributed by atoms with Gasteiger partial charge < -0.3 is 4.74 Å². The van der Waals surface area contributed by atoms with Gasteiger partial charge in [0.2, 0.25) is 0 Å². The van der Waals surface area contributed by atoms with Crippen molar-refractivity contribution in [1.82, 2.24) is 0 Å². The van der Waals surface area contributed by atoms with E-state index in [4.69, 9.17) is 4.74 Å².